The molecule has 0 bridgehead atoms. The highest BCUT2D eigenvalue weighted by Crippen LogP contribution is 2.22. The molecule has 2 fully saturated rings. The van der Waals surface area contributed by atoms with E-state index in [1.54, 1.807) is 4.90 Å². The average molecular weight is 237 g/mol. The minimum atomic E-state index is -0.472. The van der Waals surface area contributed by atoms with E-state index in [9.17, 15) is 4.79 Å². The number of nitrogens with zero attached hydrogens (tertiary/aromatic N) is 2. The van der Waals surface area contributed by atoms with Crippen molar-refractivity contribution in [2.45, 2.75) is 37.8 Å². The number of amides is 1. The lowest BCUT2D eigenvalue weighted by Gasteiger charge is -2.40. The van der Waals surface area contributed by atoms with E-state index in [0.717, 1.165) is 25.8 Å². The van der Waals surface area contributed by atoms with Crippen molar-refractivity contribution < 1.29 is 9.53 Å². The fraction of sp³-hybridized carbons (Fsp3) is 0.833. The van der Waals surface area contributed by atoms with E-state index in [1.165, 1.54) is 0 Å². The first-order valence-corrected chi connectivity index (χ1v) is 6.21. The average Bonchev–Trinajstić information content (AvgIpc) is 2.39. The first kappa shape index (κ1) is 12.3. The number of ether oxygens (including phenoxy) is 1. The molecule has 0 saturated carbocycles. The molecule has 0 aromatic carbocycles. The fourth-order valence-corrected chi connectivity index (χ4v) is 2.50. The summed E-state index contributed by atoms with van der Waals surface area (Å²) in [7, 11) is 0. The van der Waals surface area contributed by atoms with Gasteiger partial charge in [-0.05, 0) is 32.7 Å². The topological polar surface area (TPSA) is 65.4 Å². The van der Waals surface area contributed by atoms with Crippen molar-refractivity contribution in [2.24, 2.45) is 0 Å². The highest BCUT2D eigenvalue weighted by molar-refractivity contribution is 5.86. The Morgan fingerprint density at radius 2 is 2.41 bits per heavy atom. The molecule has 1 amide bonds. The van der Waals surface area contributed by atoms with Gasteiger partial charge in [-0.2, -0.15) is 5.26 Å². The lowest BCUT2D eigenvalue weighted by atomic mass is 9.89. The number of nitriles is 1. The first-order valence-electron chi connectivity index (χ1n) is 6.21. The van der Waals surface area contributed by atoms with Crippen molar-refractivity contribution >= 4 is 5.91 Å². The van der Waals surface area contributed by atoms with Crippen LogP contribution in [0, 0.1) is 11.3 Å². The molecule has 94 valence electrons. The molecule has 0 radical (unpaired) electrons. The van der Waals surface area contributed by atoms with E-state index in [4.69, 9.17) is 10.00 Å². The summed E-state index contributed by atoms with van der Waals surface area (Å²) in [6.45, 7) is 4.31. The zero-order chi connectivity index (χ0) is 12.3. The third-order valence-electron chi connectivity index (χ3n) is 3.59. The Morgan fingerprint density at radius 3 is 3.06 bits per heavy atom. The van der Waals surface area contributed by atoms with Crippen LogP contribution in [0.1, 0.15) is 26.2 Å². The monoisotopic (exact) mass is 237 g/mol. The van der Waals surface area contributed by atoms with Crippen LogP contribution >= 0.6 is 0 Å². The summed E-state index contributed by atoms with van der Waals surface area (Å²) in [4.78, 5) is 14.2. The summed E-state index contributed by atoms with van der Waals surface area (Å²) in [5, 5.41) is 12.1. The Balaban J connectivity index is 2.01. The lowest BCUT2D eigenvalue weighted by Crippen LogP contribution is -2.60. The van der Waals surface area contributed by atoms with Gasteiger partial charge < -0.3 is 15.0 Å². The summed E-state index contributed by atoms with van der Waals surface area (Å²) in [6, 6.07) is 2.07. The van der Waals surface area contributed by atoms with E-state index >= 15 is 0 Å². The van der Waals surface area contributed by atoms with Gasteiger partial charge in [-0.15, -0.1) is 0 Å². The SMILES string of the molecule is CC1(C(=O)N2CCOC(C#N)C2)CCCCN1. The second-order valence-corrected chi connectivity index (χ2v) is 4.96. The molecule has 17 heavy (non-hydrogen) atoms. The van der Waals surface area contributed by atoms with Gasteiger partial charge in [0.15, 0.2) is 6.10 Å². The van der Waals surface area contributed by atoms with Crippen LogP contribution in [-0.4, -0.2) is 48.7 Å². The van der Waals surface area contributed by atoms with Crippen molar-refractivity contribution in [3.05, 3.63) is 0 Å². The number of hydrogen-bond donors (Lipinski definition) is 1. The van der Waals surface area contributed by atoms with Crippen LogP contribution in [-0.2, 0) is 9.53 Å². The molecule has 2 aliphatic rings. The van der Waals surface area contributed by atoms with E-state index < -0.39 is 11.6 Å². The summed E-state index contributed by atoms with van der Waals surface area (Å²) in [6.07, 6.45) is 2.62. The highest BCUT2D eigenvalue weighted by Gasteiger charge is 2.39. The summed E-state index contributed by atoms with van der Waals surface area (Å²) in [5.74, 6) is 0.112. The Bertz CT molecular complexity index is 331. The van der Waals surface area contributed by atoms with Gasteiger partial charge in [0.05, 0.1) is 24.8 Å². The Kier molecular flexibility index (Phi) is 3.65. The predicted molar refractivity (Wildman–Crippen MR) is 62.2 cm³/mol. The smallest absolute Gasteiger partial charge is 0.242 e. The molecule has 5 nitrogen and oxygen atoms in total. The second kappa shape index (κ2) is 5.03. The molecule has 0 spiro atoms. The van der Waals surface area contributed by atoms with Gasteiger partial charge in [-0.3, -0.25) is 4.79 Å². The molecule has 2 saturated heterocycles. The zero-order valence-corrected chi connectivity index (χ0v) is 10.2. The quantitative estimate of drug-likeness (QED) is 0.711. The fourth-order valence-electron chi connectivity index (χ4n) is 2.50. The molecule has 2 heterocycles. The summed E-state index contributed by atoms with van der Waals surface area (Å²) in [5.41, 5.74) is -0.449. The van der Waals surface area contributed by atoms with Gasteiger partial charge in [-0.1, -0.05) is 0 Å². The molecule has 2 aliphatic heterocycles. The lowest BCUT2D eigenvalue weighted by molar-refractivity contribution is -0.144. The zero-order valence-electron chi connectivity index (χ0n) is 10.2. The van der Waals surface area contributed by atoms with Gasteiger partial charge in [0.2, 0.25) is 5.91 Å². The van der Waals surface area contributed by atoms with Crippen LogP contribution in [0.4, 0.5) is 0 Å². The Hall–Kier alpha value is -1.12. The van der Waals surface area contributed by atoms with Crippen molar-refractivity contribution in [1.29, 1.82) is 5.26 Å². The molecule has 1 N–H and O–H groups in total. The Morgan fingerprint density at radius 1 is 1.59 bits per heavy atom. The van der Waals surface area contributed by atoms with Crippen molar-refractivity contribution in [2.75, 3.05) is 26.2 Å². The van der Waals surface area contributed by atoms with Gasteiger partial charge in [0.25, 0.3) is 0 Å². The minimum absolute atomic E-state index is 0.112. The molecule has 2 rings (SSSR count). The highest BCUT2D eigenvalue weighted by atomic mass is 16.5. The van der Waals surface area contributed by atoms with E-state index in [1.807, 2.05) is 6.92 Å². The molecule has 0 aromatic heterocycles. The minimum Gasteiger partial charge on any atom is -0.360 e. The van der Waals surface area contributed by atoms with Crippen LogP contribution < -0.4 is 5.32 Å². The van der Waals surface area contributed by atoms with Crippen LogP contribution in [0.25, 0.3) is 0 Å². The van der Waals surface area contributed by atoms with Gasteiger partial charge in [0.1, 0.15) is 0 Å². The molecule has 2 atom stereocenters. The predicted octanol–water partition coefficient (Wildman–Crippen LogP) is 0.270. The van der Waals surface area contributed by atoms with Crippen LogP contribution in [0.3, 0.4) is 0 Å². The molecular formula is C12H19N3O2. The summed E-state index contributed by atoms with van der Waals surface area (Å²) < 4.78 is 5.25. The molecule has 2 unspecified atom stereocenters. The first-order chi connectivity index (χ1) is 8.15. The number of rotatable bonds is 1. The van der Waals surface area contributed by atoms with E-state index in [0.29, 0.717) is 19.7 Å². The molecule has 0 aromatic rings. The maximum absolute atomic E-state index is 12.4. The molecular weight excluding hydrogens is 218 g/mol. The molecule has 5 heteroatoms. The van der Waals surface area contributed by atoms with Crippen LogP contribution in [0.2, 0.25) is 0 Å². The number of nitrogens with one attached hydrogen (secondary N) is 1. The van der Waals surface area contributed by atoms with Crippen molar-refractivity contribution in [3.63, 3.8) is 0 Å². The molecule has 0 aliphatic carbocycles. The number of carbonyl (C=O) groups is 1. The standard InChI is InChI=1S/C12H19N3O2/c1-12(4-2-3-5-14-12)11(16)15-6-7-17-10(8-13)9-15/h10,14H,2-7,9H2,1H3. The third kappa shape index (κ3) is 2.59. The number of morpholine rings is 1. The maximum atomic E-state index is 12.4. The Labute approximate surface area is 102 Å². The van der Waals surface area contributed by atoms with E-state index in [2.05, 4.69) is 11.4 Å². The summed E-state index contributed by atoms with van der Waals surface area (Å²) >= 11 is 0. The van der Waals surface area contributed by atoms with E-state index in [-0.39, 0.29) is 5.91 Å². The third-order valence-corrected chi connectivity index (χ3v) is 3.59. The number of hydrogen-bond acceptors (Lipinski definition) is 4. The normalized spacial score (nSPS) is 34.1. The van der Waals surface area contributed by atoms with Gasteiger partial charge in [0, 0.05) is 6.54 Å². The maximum Gasteiger partial charge on any atom is 0.242 e. The van der Waals surface area contributed by atoms with Crippen molar-refractivity contribution in [3.8, 4) is 6.07 Å². The van der Waals surface area contributed by atoms with Crippen LogP contribution in [0.15, 0.2) is 0 Å². The number of carbonyl (C=O) groups excluding carboxylic acids is 1. The van der Waals surface area contributed by atoms with Gasteiger partial charge >= 0.3 is 0 Å². The van der Waals surface area contributed by atoms with Gasteiger partial charge in [-0.25, -0.2) is 0 Å². The van der Waals surface area contributed by atoms with Crippen LogP contribution in [0.5, 0.6) is 0 Å². The number of piperidine rings is 1. The second-order valence-electron chi connectivity index (χ2n) is 4.96. The largest absolute Gasteiger partial charge is 0.360 e. The van der Waals surface area contributed by atoms with Crippen molar-refractivity contribution in [1.82, 2.24) is 10.2 Å².